The summed E-state index contributed by atoms with van der Waals surface area (Å²) in [5, 5.41) is 0. The predicted octanol–water partition coefficient (Wildman–Crippen LogP) is 5.40. The van der Waals surface area contributed by atoms with Gasteiger partial charge in [-0.25, -0.2) is 0 Å². The lowest BCUT2D eigenvalue weighted by Crippen LogP contribution is -2.49. The maximum absolute atomic E-state index is 2.32. The summed E-state index contributed by atoms with van der Waals surface area (Å²) in [6, 6.07) is 11.1. The number of quaternary nitrogens is 1. The van der Waals surface area contributed by atoms with E-state index in [1.165, 1.54) is 74.8 Å². The Hall–Kier alpha value is -0.820. The van der Waals surface area contributed by atoms with E-state index in [4.69, 9.17) is 0 Å². The van der Waals surface area contributed by atoms with Crippen molar-refractivity contribution in [2.75, 3.05) is 19.6 Å². The molecule has 0 N–H and O–H groups in total. The Balaban J connectivity index is 2.81. The molecule has 1 aromatic carbocycles. The maximum Gasteiger partial charge on any atom is 0.104 e. The summed E-state index contributed by atoms with van der Waals surface area (Å²) in [7, 11) is 0. The molecule has 0 aliphatic rings. The van der Waals surface area contributed by atoms with Gasteiger partial charge in [0.2, 0.25) is 0 Å². The van der Waals surface area contributed by atoms with Gasteiger partial charge in [0.15, 0.2) is 0 Å². The molecule has 0 fully saturated rings. The molecule has 0 spiro atoms. The second-order valence-corrected chi connectivity index (χ2v) is 6.22. The fourth-order valence-electron chi connectivity index (χ4n) is 3.02. The summed E-state index contributed by atoms with van der Waals surface area (Å²) >= 11 is 0. The van der Waals surface area contributed by atoms with E-state index in [0.29, 0.717) is 0 Å². The van der Waals surface area contributed by atoms with Gasteiger partial charge in [0.1, 0.15) is 6.54 Å². The smallest absolute Gasteiger partial charge is 0.104 e. The highest BCUT2D eigenvalue weighted by Gasteiger charge is 2.25. The van der Waals surface area contributed by atoms with E-state index in [-0.39, 0.29) is 0 Å². The van der Waals surface area contributed by atoms with Crippen molar-refractivity contribution in [3.8, 4) is 0 Å². The van der Waals surface area contributed by atoms with Gasteiger partial charge in [-0.1, -0.05) is 70.4 Å². The van der Waals surface area contributed by atoms with Crippen molar-refractivity contribution >= 4 is 0 Å². The highest BCUT2D eigenvalue weighted by atomic mass is 15.3. The minimum absolute atomic E-state index is 1.22. The molecule has 1 heteroatoms. The third-order valence-electron chi connectivity index (χ3n) is 4.32. The summed E-state index contributed by atoms with van der Waals surface area (Å²) in [5.41, 5.74) is 1.51. The van der Waals surface area contributed by atoms with Gasteiger partial charge in [-0.15, -0.1) is 0 Å². The van der Waals surface area contributed by atoms with Crippen LogP contribution in [0.4, 0.5) is 0 Å². The maximum atomic E-state index is 2.32. The summed E-state index contributed by atoms with van der Waals surface area (Å²) in [6.45, 7) is 12.2. The van der Waals surface area contributed by atoms with Crippen molar-refractivity contribution in [1.82, 2.24) is 0 Å². The summed E-state index contributed by atoms with van der Waals surface area (Å²) in [4.78, 5) is 0. The zero-order chi connectivity index (χ0) is 14.7. The molecule has 0 saturated carbocycles. The average Bonchev–Trinajstić information content (AvgIpc) is 2.49. The molecular weight excluding hydrogens is 242 g/mol. The van der Waals surface area contributed by atoms with E-state index < -0.39 is 0 Å². The molecule has 0 aliphatic carbocycles. The van der Waals surface area contributed by atoms with Gasteiger partial charge in [0.05, 0.1) is 19.6 Å². The van der Waals surface area contributed by atoms with E-state index in [1.54, 1.807) is 0 Å². The first-order valence-electron chi connectivity index (χ1n) is 8.65. The third-order valence-corrected chi connectivity index (χ3v) is 4.32. The Morgan fingerprint density at radius 3 is 1.55 bits per heavy atom. The van der Waals surface area contributed by atoms with Crippen LogP contribution >= 0.6 is 0 Å². The lowest BCUT2D eigenvalue weighted by molar-refractivity contribution is -0.941. The average molecular weight is 276 g/mol. The lowest BCUT2D eigenvalue weighted by Gasteiger charge is -2.39. The van der Waals surface area contributed by atoms with E-state index in [1.807, 2.05) is 0 Å². The Morgan fingerprint density at radius 2 is 1.15 bits per heavy atom. The van der Waals surface area contributed by atoms with Gasteiger partial charge in [0, 0.05) is 5.56 Å². The predicted molar refractivity (Wildman–Crippen MR) is 89.7 cm³/mol. The molecule has 0 radical (unpaired) electrons. The van der Waals surface area contributed by atoms with Gasteiger partial charge >= 0.3 is 0 Å². The molecule has 20 heavy (non-hydrogen) atoms. The number of benzene rings is 1. The zero-order valence-corrected chi connectivity index (χ0v) is 13.9. The molecule has 1 aromatic rings. The first-order valence-corrected chi connectivity index (χ1v) is 8.65. The SMILES string of the molecule is CCCC[N+](CCCC)(CCCC)Cc1ccccc1. The van der Waals surface area contributed by atoms with Crippen molar-refractivity contribution in [3.05, 3.63) is 35.9 Å². The van der Waals surface area contributed by atoms with Crippen LogP contribution in [-0.2, 0) is 6.54 Å². The number of nitrogens with zero attached hydrogens (tertiary/aromatic N) is 1. The third kappa shape index (κ3) is 6.09. The molecule has 0 aromatic heterocycles. The lowest BCUT2D eigenvalue weighted by atomic mass is 10.1. The minimum Gasteiger partial charge on any atom is -0.320 e. The van der Waals surface area contributed by atoms with Crippen molar-refractivity contribution in [1.29, 1.82) is 0 Å². The summed E-state index contributed by atoms with van der Waals surface area (Å²) in [5.74, 6) is 0. The molecule has 1 nitrogen and oxygen atoms in total. The van der Waals surface area contributed by atoms with E-state index in [0.717, 1.165) is 0 Å². The van der Waals surface area contributed by atoms with Crippen LogP contribution < -0.4 is 0 Å². The molecular formula is C19H34N+. The number of hydrogen-bond acceptors (Lipinski definition) is 0. The molecule has 1 rings (SSSR count). The van der Waals surface area contributed by atoms with Crippen molar-refractivity contribution in [2.24, 2.45) is 0 Å². The number of rotatable bonds is 11. The van der Waals surface area contributed by atoms with E-state index >= 15 is 0 Å². The van der Waals surface area contributed by atoms with Crippen LogP contribution in [0.25, 0.3) is 0 Å². The molecule has 0 amide bonds. The Morgan fingerprint density at radius 1 is 0.700 bits per heavy atom. The van der Waals surface area contributed by atoms with Gasteiger partial charge < -0.3 is 4.48 Å². The summed E-state index contributed by atoms with van der Waals surface area (Å²) < 4.78 is 1.31. The van der Waals surface area contributed by atoms with Gasteiger partial charge in [0.25, 0.3) is 0 Å². The Kier molecular flexibility index (Phi) is 8.60. The minimum atomic E-state index is 1.22. The quantitative estimate of drug-likeness (QED) is 0.474. The number of unbranched alkanes of at least 4 members (excludes halogenated alkanes) is 3. The topological polar surface area (TPSA) is 0 Å². The molecule has 0 bridgehead atoms. The normalized spacial score (nSPS) is 11.8. The fourth-order valence-corrected chi connectivity index (χ4v) is 3.02. The molecule has 0 heterocycles. The molecule has 0 unspecified atom stereocenters. The van der Waals surface area contributed by atoms with Crippen LogP contribution in [0, 0.1) is 0 Å². The van der Waals surface area contributed by atoms with Gasteiger partial charge in [-0.05, 0) is 19.3 Å². The van der Waals surface area contributed by atoms with Crippen LogP contribution in [-0.4, -0.2) is 24.1 Å². The first kappa shape index (κ1) is 17.2. The zero-order valence-electron chi connectivity index (χ0n) is 13.9. The number of hydrogen-bond donors (Lipinski definition) is 0. The van der Waals surface area contributed by atoms with Crippen LogP contribution in [0.15, 0.2) is 30.3 Å². The second-order valence-electron chi connectivity index (χ2n) is 6.22. The molecule has 0 saturated heterocycles. The van der Waals surface area contributed by atoms with Gasteiger partial charge in [-0.3, -0.25) is 0 Å². The van der Waals surface area contributed by atoms with Crippen LogP contribution in [0.3, 0.4) is 0 Å². The van der Waals surface area contributed by atoms with Crippen molar-refractivity contribution in [2.45, 2.75) is 65.8 Å². The molecule has 0 aliphatic heterocycles. The molecule has 114 valence electrons. The second kappa shape index (κ2) is 9.99. The van der Waals surface area contributed by atoms with E-state index in [2.05, 4.69) is 51.1 Å². The first-order chi connectivity index (χ1) is 9.76. The highest BCUT2D eigenvalue weighted by Crippen LogP contribution is 2.19. The Bertz CT molecular complexity index is 309. The fraction of sp³-hybridized carbons (Fsp3) is 0.684. The van der Waals surface area contributed by atoms with E-state index in [9.17, 15) is 0 Å². The van der Waals surface area contributed by atoms with Gasteiger partial charge in [-0.2, -0.15) is 0 Å². The molecule has 0 atom stereocenters. The van der Waals surface area contributed by atoms with Crippen molar-refractivity contribution in [3.63, 3.8) is 0 Å². The highest BCUT2D eigenvalue weighted by molar-refractivity contribution is 5.13. The summed E-state index contributed by atoms with van der Waals surface area (Å²) in [6.07, 6.45) is 8.02. The van der Waals surface area contributed by atoms with Crippen LogP contribution in [0.1, 0.15) is 64.9 Å². The Labute approximate surface area is 126 Å². The largest absolute Gasteiger partial charge is 0.320 e. The van der Waals surface area contributed by atoms with Crippen LogP contribution in [0.2, 0.25) is 0 Å². The van der Waals surface area contributed by atoms with Crippen LogP contribution in [0.5, 0.6) is 0 Å². The van der Waals surface area contributed by atoms with Crippen molar-refractivity contribution < 1.29 is 4.48 Å². The monoisotopic (exact) mass is 276 g/mol. The standard InChI is InChI=1S/C19H34N/c1-4-7-15-20(16-8-5-2,17-9-6-3)18-19-13-11-10-12-14-19/h10-14H,4-9,15-18H2,1-3H3/q+1.